The lowest BCUT2D eigenvalue weighted by Gasteiger charge is -2.17. The summed E-state index contributed by atoms with van der Waals surface area (Å²) < 4.78 is 0. The zero-order chi connectivity index (χ0) is 11.4. The summed E-state index contributed by atoms with van der Waals surface area (Å²) in [5.41, 5.74) is 1.28. The van der Waals surface area contributed by atoms with Gasteiger partial charge in [-0.3, -0.25) is 0 Å². The summed E-state index contributed by atoms with van der Waals surface area (Å²) in [4.78, 5) is 4.53. The molecule has 1 aromatic rings. The molecule has 1 atom stereocenters. The SMILES string of the molecule is CCCNC(CCc1csc(C)n1)C1CC1. The van der Waals surface area contributed by atoms with Crippen LogP contribution in [0.1, 0.15) is 43.3 Å². The highest BCUT2D eigenvalue weighted by molar-refractivity contribution is 7.09. The zero-order valence-corrected chi connectivity index (χ0v) is 11.1. The summed E-state index contributed by atoms with van der Waals surface area (Å²) in [6, 6.07) is 0.738. The first-order valence-electron chi connectivity index (χ1n) is 6.44. The van der Waals surface area contributed by atoms with E-state index in [4.69, 9.17) is 0 Å². The summed E-state index contributed by atoms with van der Waals surface area (Å²) in [6.07, 6.45) is 6.49. The molecule has 0 bridgehead atoms. The third-order valence-corrected chi connectivity index (χ3v) is 4.05. The van der Waals surface area contributed by atoms with Crippen LogP contribution in [0.3, 0.4) is 0 Å². The number of nitrogens with zero attached hydrogens (tertiary/aromatic N) is 1. The maximum absolute atomic E-state index is 4.53. The minimum atomic E-state index is 0.738. The fourth-order valence-corrected chi connectivity index (χ4v) is 2.81. The molecule has 3 heteroatoms. The van der Waals surface area contributed by atoms with E-state index in [1.807, 2.05) is 0 Å². The van der Waals surface area contributed by atoms with Crippen LogP contribution in [0.4, 0.5) is 0 Å². The number of thiazole rings is 1. The second-order valence-corrected chi connectivity index (χ2v) is 5.86. The van der Waals surface area contributed by atoms with E-state index in [0.717, 1.165) is 24.9 Å². The van der Waals surface area contributed by atoms with Crippen molar-refractivity contribution in [3.05, 3.63) is 16.1 Å². The van der Waals surface area contributed by atoms with E-state index in [-0.39, 0.29) is 0 Å². The van der Waals surface area contributed by atoms with E-state index in [1.165, 1.54) is 36.4 Å². The van der Waals surface area contributed by atoms with Crippen molar-refractivity contribution in [1.29, 1.82) is 0 Å². The van der Waals surface area contributed by atoms with E-state index in [2.05, 4.69) is 29.5 Å². The van der Waals surface area contributed by atoms with Crippen molar-refractivity contribution in [1.82, 2.24) is 10.3 Å². The van der Waals surface area contributed by atoms with E-state index >= 15 is 0 Å². The molecule has 1 aliphatic carbocycles. The third kappa shape index (κ3) is 3.56. The van der Waals surface area contributed by atoms with Crippen molar-refractivity contribution in [3.8, 4) is 0 Å². The number of nitrogens with one attached hydrogen (secondary N) is 1. The van der Waals surface area contributed by atoms with Gasteiger partial charge in [-0.15, -0.1) is 11.3 Å². The molecule has 2 nitrogen and oxygen atoms in total. The van der Waals surface area contributed by atoms with Crippen LogP contribution < -0.4 is 5.32 Å². The van der Waals surface area contributed by atoms with E-state index < -0.39 is 0 Å². The van der Waals surface area contributed by atoms with Crippen molar-refractivity contribution >= 4 is 11.3 Å². The monoisotopic (exact) mass is 238 g/mol. The van der Waals surface area contributed by atoms with E-state index in [0.29, 0.717) is 0 Å². The fraction of sp³-hybridized carbons (Fsp3) is 0.769. The Balaban J connectivity index is 1.77. The lowest BCUT2D eigenvalue weighted by molar-refractivity contribution is 0.434. The molecular weight excluding hydrogens is 216 g/mol. The van der Waals surface area contributed by atoms with Crippen LogP contribution in [0.5, 0.6) is 0 Å². The number of aryl methyl sites for hydroxylation is 2. The molecule has 1 aliphatic rings. The van der Waals surface area contributed by atoms with Gasteiger partial charge in [0.15, 0.2) is 0 Å². The number of hydrogen-bond donors (Lipinski definition) is 1. The zero-order valence-electron chi connectivity index (χ0n) is 10.3. The van der Waals surface area contributed by atoms with Gasteiger partial charge in [0.05, 0.1) is 10.7 Å². The predicted octanol–water partition coefficient (Wildman–Crippen LogP) is 3.16. The van der Waals surface area contributed by atoms with Gasteiger partial charge in [0.25, 0.3) is 0 Å². The van der Waals surface area contributed by atoms with Crippen molar-refractivity contribution in [2.24, 2.45) is 5.92 Å². The lowest BCUT2D eigenvalue weighted by atomic mass is 10.1. The van der Waals surface area contributed by atoms with Crippen LogP contribution in [0.25, 0.3) is 0 Å². The summed E-state index contributed by atoms with van der Waals surface area (Å²) in [5.74, 6) is 0.950. The first-order valence-corrected chi connectivity index (χ1v) is 7.32. The normalized spacial score (nSPS) is 17.6. The fourth-order valence-electron chi connectivity index (χ4n) is 2.16. The molecule has 1 aromatic heterocycles. The number of rotatable bonds is 7. The van der Waals surface area contributed by atoms with Crippen LogP contribution in [0.2, 0.25) is 0 Å². The first-order chi connectivity index (χ1) is 7.79. The van der Waals surface area contributed by atoms with Crippen LogP contribution in [-0.2, 0) is 6.42 Å². The summed E-state index contributed by atoms with van der Waals surface area (Å²) in [7, 11) is 0. The van der Waals surface area contributed by atoms with Gasteiger partial charge < -0.3 is 5.32 Å². The summed E-state index contributed by atoms with van der Waals surface area (Å²) >= 11 is 1.77. The second kappa shape index (κ2) is 5.78. The average Bonchev–Trinajstić information content (AvgIpc) is 3.03. The van der Waals surface area contributed by atoms with Crippen LogP contribution in [0.15, 0.2) is 5.38 Å². The molecular formula is C13H22N2S. The molecule has 0 aromatic carbocycles. The van der Waals surface area contributed by atoms with Crippen LogP contribution >= 0.6 is 11.3 Å². The molecule has 0 aliphatic heterocycles. The highest BCUT2D eigenvalue weighted by atomic mass is 32.1. The summed E-state index contributed by atoms with van der Waals surface area (Å²) in [5, 5.41) is 7.09. The quantitative estimate of drug-likeness (QED) is 0.789. The molecule has 0 saturated heterocycles. The Morgan fingerprint density at radius 2 is 2.38 bits per heavy atom. The van der Waals surface area contributed by atoms with Gasteiger partial charge >= 0.3 is 0 Å². The Morgan fingerprint density at radius 1 is 1.56 bits per heavy atom. The van der Waals surface area contributed by atoms with Gasteiger partial charge in [-0.25, -0.2) is 4.98 Å². The Labute approximate surface area is 102 Å². The smallest absolute Gasteiger partial charge is 0.0897 e. The maximum Gasteiger partial charge on any atom is 0.0897 e. The topological polar surface area (TPSA) is 24.9 Å². The van der Waals surface area contributed by atoms with Gasteiger partial charge in [-0.05, 0) is 51.5 Å². The minimum absolute atomic E-state index is 0.738. The third-order valence-electron chi connectivity index (χ3n) is 3.23. The molecule has 1 N–H and O–H groups in total. The van der Waals surface area contributed by atoms with Crippen LogP contribution in [0, 0.1) is 12.8 Å². The summed E-state index contributed by atoms with van der Waals surface area (Å²) in [6.45, 7) is 5.49. The van der Waals surface area contributed by atoms with Crippen molar-refractivity contribution < 1.29 is 0 Å². The largest absolute Gasteiger partial charge is 0.314 e. The molecule has 1 heterocycles. The Hall–Kier alpha value is -0.410. The molecule has 1 saturated carbocycles. The molecule has 1 unspecified atom stereocenters. The second-order valence-electron chi connectivity index (χ2n) is 4.79. The van der Waals surface area contributed by atoms with Gasteiger partial charge in [-0.1, -0.05) is 6.92 Å². The maximum atomic E-state index is 4.53. The highest BCUT2D eigenvalue weighted by Crippen LogP contribution is 2.34. The lowest BCUT2D eigenvalue weighted by Crippen LogP contribution is -2.32. The molecule has 0 spiro atoms. The standard InChI is InChI=1S/C13H22N2S/c1-3-8-14-13(11-4-5-11)7-6-12-9-16-10(2)15-12/h9,11,13-14H,3-8H2,1-2H3. The molecule has 2 rings (SSSR count). The van der Waals surface area contributed by atoms with Gasteiger partial charge in [0, 0.05) is 11.4 Å². The first kappa shape index (κ1) is 12.1. The Kier molecular flexibility index (Phi) is 4.36. The van der Waals surface area contributed by atoms with E-state index in [1.54, 1.807) is 11.3 Å². The Bertz CT molecular complexity index is 317. The van der Waals surface area contributed by atoms with Crippen LogP contribution in [-0.4, -0.2) is 17.6 Å². The highest BCUT2D eigenvalue weighted by Gasteiger charge is 2.30. The minimum Gasteiger partial charge on any atom is -0.314 e. The van der Waals surface area contributed by atoms with Crippen molar-refractivity contribution in [3.63, 3.8) is 0 Å². The number of hydrogen-bond acceptors (Lipinski definition) is 3. The van der Waals surface area contributed by atoms with Gasteiger partial charge in [0.2, 0.25) is 0 Å². The van der Waals surface area contributed by atoms with E-state index in [9.17, 15) is 0 Å². The van der Waals surface area contributed by atoms with Gasteiger partial charge in [0.1, 0.15) is 0 Å². The van der Waals surface area contributed by atoms with Crippen molar-refractivity contribution in [2.45, 2.75) is 52.0 Å². The average molecular weight is 238 g/mol. The van der Waals surface area contributed by atoms with Gasteiger partial charge in [-0.2, -0.15) is 0 Å². The predicted molar refractivity (Wildman–Crippen MR) is 70.0 cm³/mol. The van der Waals surface area contributed by atoms with Crippen molar-refractivity contribution in [2.75, 3.05) is 6.54 Å². The number of aromatic nitrogens is 1. The molecule has 16 heavy (non-hydrogen) atoms. The molecule has 90 valence electrons. The molecule has 1 fully saturated rings. The molecule has 0 amide bonds. The Morgan fingerprint density at radius 3 is 2.94 bits per heavy atom. The molecule has 0 radical (unpaired) electrons.